The predicted molar refractivity (Wildman–Crippen MR) is 59.3 cm³/mol. The lowest BCUT2D eigenvalue weighted by Gasteiger charge is -2.05. The molecule has 4 heteroatoms. The first-order valence-electron chi connectivity index (χ1n) is 4.78. The van der Waals surface area contributed by atoms with E-state index in [1.165, 1.54) is 4.57 Å². The molecule has 0 amide bonds. The van der Waals surface area contributed by atoms with Crippen molar-refractivity contribution >= 4 is 0 Å². The van der Waals surface area contributed by atoms with E-state index in [4.69, 9.17) is 5.26 Å². The lowest BCUT2D eigenvalue weighted by atomic mass is 10.2. The molecule has 0 N–H and O–H groups in total. The minimum Gasteiger partial charge on any atom is -0.267 e. The summed E-state index contributed by atoms with van der Waals surface area (Å²) in [5.74, 6) is 0.518. The summed E-state index contributed by atoms with van der Waals surface area (Å²) in [6.07, 6.45) is 3.23. The van der Waals surface area contributed by atoms with Gasteiger partial charge in [-0.1, -0.05) is 6.07 Å². The van der Waals surface area contributed by atoms with E-state index in [0.29, 0.717) is 11.4 Å². The Labute approximate surface area is 92.4 Å². The zero-order valence-electron chi connectivity index (χ0n) is 8.71. The number of nitrogens with zero attached hydrogens (tertiary/aromatic N) is 3. The average molecular weight is 211 g/mol. The summed E-state index contributed by atoms with van der Waals surface area (Å²) in [7, 11) is 0. The first-order valence-corrected chi connectivity index (χ1v) is 4.78. The Morgan fingerprint density at radius 1 is 1.38 bits per heavy atom. The van der Waals surface area contributed by atoms with Crippen LogP contribution in [0, 0.1) is 18.3 Å². The smallest absolute Gasteiger partial charge is 0.267 e. The highest BCUT2D eigenvalue weighted by atomic mass is 16.1. The van der Waals surface area contributed by atoms with E-state index in [-0.39, 0.29) is 11.1 Å². The van der Waals surface area contributed by atoms with Crippen LogP contribution in [0.25, 0.3) is 5.82 Å². The van der Waals surface area contributed by atoms with Crippen molar-refractivity contribution < 1.29 is 0 Å². The summed E-state index contributed by atoms with van der Waals surface area (Å²) in [5.41, 5.74) is 0.508. The van der Waals surface area contributed by atoms with E-state index in [0.717, 1.165) is 0 Å². The summed E-state index contributed by atoms with van der Waals surface area (Å²) in [6.45, 7) is 1.74. The predicted octanol–water partition coefficient (Wildman–Crippen LogP) is 1.41. The summed E-state index contributed by atoms with van der Waals surface area (Å²) in [4.78, 5) is 16.0. The number of hydrogen-bond donors (Lipinski definition) is 0. The molecular weight excluding hydrogens is 202 g/mol. The normalized spacial score (nSPS) is 9.75. The van der Waals surface area contributed by atoms with Gasteiger partial charge in [0.05, 0.1) is 0 Å². The van der Waals surface area contributed by atoms with Gasteiger partial charge in [0.2, 0.25) is 0 Å². The minimum atomic E-state index is -0.332. The van der Waals surface area contributed by atoms with E-state index < -0.39 is 0 Å². The molecule has 0 aliphatic carbocycles. The van der Waals surface area contributed by atoms with Gasteiger partial charge in [-0.3, -0.25) is 9.36 Å². The lowest BCUT2D eigenvalue weighted by molar-refractivity contribution is 0.928. The largest absolute Gasteiger partial charge is 0.274 e. The standard InChI is InChI=1S/C12H9N3O/c1-9-5-7-15(12(16)10(9)8-13)11-4-2-3-6-14-11/h2-7H,1H3. The van der Waals surface area contributed by atoms with Crippen LogP contribution >= 0.6 is 0 Å². The van der Waals surface area contributed by atoms with Gasteiger partial charge in [-0.15, -0.1) is 0 Å². The molecule has 0 aliphatic heterocycles. The fraction of sp³-hybridized carbons (Fsp3) is 0.0833. The summed E-state index contributed by atoms with van der Waals surface area (Å²) in [5, 5.41) is 8.89. The van der Waals surface area contributed by atoms with Crippen molar-refractivity contribution in [2.24, 2.45) is 0 Å². The minimum absolute atomic E-state index is 0.160. The molecule has 0 aliphatic rings. The third kappa shape index (κ3) is 1.59. The zero-order chi connectivity index (χ0) is 11.5. The maximum Gasteiger partial charge on any atom is 0.274 e. The van der Waals surface area contributed by atoms with Gasteiger partial charge in [0.15, 0.2) is 0 Å². The molecule has 2 aromatic rings. The third-order valence-electron chi connectivity index (χ3n) is 2.31. The van der Waals surface area contributed by atoms with Crippen LogP contribution in [0.5, 0.6) is 0 Å². The van der Waals surface area contributed by atoms with Crippen LogP contribution in [-0.4, -0.2) is 9.55 Å². The SMILES string of the molecule is Cc1ccn(-c2ccccn2)c(=O)c1C#N. The highest BCUT2D eigenvalue weighted by Gasteiger charge is 2.07. The highest BCUT2D eigenvalue weighted by Crippen LogP contribution is 2.04. The van der Waals surface area contributed by atoms with Crippen LogP contribution in [0.3, 0.4) is 0 Å². The molecule has 0 radical (unpaired) electrons. The quantitative estimate of drug-likeness (QED) is 0.716. The molecule has 4 nitrogen and oxygen atoms in total. The Morgan fingerprint density at radius 2 is 2.19 bits per heavy atom. The maximum atomic E-state index is 11.9. The molecule has 0 bridgehead atoms. The maximum absolute atomic E-state index is 11.9. The van der Waals surface area contributed by atoms with Crippen LogP contribution < -0.4 is 5.56 Å². The summed E-state index contributed by atoms with van der Waals surface area (Å²) in [6, 6.07) is 8.93. The first-order chi connectivity index (χ1) is 7.74. The second-order valence-corrected chi connectivity index (χ2v) is 3.35. The fourth-order valence-corrected chi connectivity index (χ4v) is 1.44. The van der Waals surface area contributed by atoms with Crippen LogP contribution in [0.2, 0.25) is 0 Å². The number of rotatable bonds is 1. The number of pyridine rings is 2. The van der Waals surface area contributed by atoms with Crippen molar-refractivity contribution in [2.45, 2.75) is 6.92 Å². The molecule has 0 atom stereocenters. The average Bonchev–Trinajstić information content (AvgIpc) is 2.31. The van der Waals surface area contributed by atoms with Gasteiger partial charge >= 0.3 is 0 Å². The molecule has 78 valence electrons. The Hall–Kier alpha value is -2.41. The molecule has 2 rings (SSSR count). The molecule has 0 fully saturated rings. The number of hydrogen-bond acceptors (Lipinski definition) is 3. The number of aryl methyl sites for hydroxylation is 1. The Morgan fingerprint density at radius 3 is 2.81 bits per heavy atom. The molecule has 0 unspecified atom stereocenters. The van der Waals surface area contributed by atoms with E-state index in [9.17, 15) is 4.79 Å². The van der Waals surface area contributed by atoms with Gasteiger partial charge in [-0.25, -0.2) is 4.98 Å². The molecule has 2 aromatic heterocycles. The Kier molecular flexibility index (Phi) is 2.52. The van der Waals surface area contributed by atoms with Crippen molar-refractivity contribution in [1.82, 2.24) is 9.55 Å². The van der Waals surface area contributed by atoms with E-state index in [1.54, 1.807) is 43.6 Å². The number of nitriles is 1. The molecule has 2 heterocycles. The summed E-state index contributed by atoms with van der Waals surface area (Å²) >= 11 is 0. The topological polar surface area (TPSA) is 58.7 Å². The van der Waals surface area contributed by atoms with Gasteiger partial charge in [-0.2, -0.15) is 5.26 Å². The van der Waals surface area contributed by atoms with Crippen LogP contribution in [0.15, 0.2) is 41.5 Å². The lowest BCUT2D eigenvalue weighted by Crippen LogP contribution is -2.22. The fourth-order valence-electron chi connectivity index (χ4n) is 1.44. The molecule has 16 heavy (non-hydrogen) atoms. The van der Waals surface area contributed by atoms with Gasteiger partial charge in [0, 0.05) is 12.4 Å². The Bertz CT molecular complexity index is 608. The van der Waals surface area contributed by atoms with Crippen molar-refractivity contribution in [2.75, 3.05) is 0 Å². The van der Waals surface area contributed by atoms with E-state index >= 15 is 0 Å². The zero-order valence-corrected chi connectivity index (χ0v) is 8.71. The van der Waals surface area contributed by atoms with Crippen molar-refractivity contribution in [3.8, 4) is 11.9 Å². The molecule has 0 aromatic carbocycles. The van der Waals surface area contributed by atoms with E-state index in [1.807, 2.05) is 6.07 Å². The van der Waals surface area contributed by atoms with Gasteiger partial charge < -0.3 is 0 Å². The molecule has 0 saturated heterocycles. The third-order valence-corrected chi connectivity index (χ3v) is 2.31. The Balaban J connectivity index is 2.71. The second-order valence-electron chi connectivity index (χ2n) is 3.35. The molecular formula is C12H9N3O. The number of aromatic nitrogens is 2. The highest BCUT2D eigenvalue weighted by molar-refractivity contribution is 5.37. The van der Waals surface area contributed by atoms with Crippen LogP contribution in [0.1, 0.15) is 11.1 Å². The summed E-state index contributed by atoms with van der Waals surface area (Å²) < 4.78 is 1.37. The van der Waals surface area contributed by atoms with Crippen LogP contribution in [-0.2, 0) is 0 Å². The van der Waals surface area contributed by atoms with Crippen molar-refractivity contribution in [1.29, 1.82) is 5.26 Å². The van der Waals surface area contributed by atoms with Crippen molar-refractivity contribution in [3.05, 3.63) is 58.1 Å². The monoisotopic (exact) mass is 211 g/mol. The van der Waals surface area contributed by atoms with Gasteiger partial charge in [0.1, 0.15) is 17.5 Å². The molecule has 0 spiro atoms. The first kappa shape index (κ1) is 10.1. The van der Waals surface area contributed by atoms with Crippen molar-refractivity contribution in [3.63, 3.8) is 0 Å². The van der Waals surface area contributed by atoms with Gasteiger partial charge in [-0.05, 0) is 30.7 Å². The second kappa shape index (κ2) is 3.99. The van der Waals surface area contributed by atoms with Crippen LogP contribution in [0.4, 0.5) is 0 Å². The van der Waals surface area contributed by atoms with Gasteiger partial charge in [0.25, 0.3) is 5.56 Å². The molecule has 0 saturated carbocycles. The van der Waals surface area contributed by atoms with E-state index in [2.05, 4.69) is 4.98 Å².